The Morgan fingerprint density at radius 2 is 2.26 bits per heavy atom. The van der Waals surface area contributed by atoms with Crippen molar-refractivity contribution < 1.29 is 9.59 Å². The molecule has 1 aromatic carbocycles. The van der Waals surface area contributed by atoms with Crippen molar-refractivity contribution in [2.45, 2.75) is 19.8 Å². The lowest BCUT2D eigenvalue weighted by Gasteiger charge is -2.14. The molecule has 1 aromatic rings. The van der Waals surface area contributed by atoms with E-state index in [1.165, 1.54) is 0 Å². The first-order chi connectivity index (χ1) is 9.13. The monoisotopic (exact) mass is 261 g/mol. The van der Waals surface area contributed by atoms with Gasteiger partial charge in [0.15, 0.2) is 0 Å². The van der Waals surface area contributed by atoms with Crippen LogP contribution in [0.15, 0.2) is 18.2 Å². The summed E-state index contributed by atoms with van der Waals surface area (Å²) in [5.74, 6) is -0.0350. The number of fused-ring (bicyclic) bond motifs is 1. The molecule has 0 spiro atoms. The molecule has 3 N–H and O–H groups in total. The molecule has 0 saturated carbocycles. The van der Waals surface area contributed by atoms with Crippen molar-refractivity contribution >= 4 is 23.2 Å². The van der Waals surface area contributed by atoms with Crippen molar-refractivity contribution in [3.63, 3.8) is 0 Å². The first-order valence-corrected chi connectivity index (χ1v) is 6.52. The average Bonchev–Trinajstić information content (AvgIpc) is 2.75. The zero-order valence-electron chi connectivity index (χ0n) is 11.2. The van der Waals surface area contributed by atoms with Gasteiger partial charge in [-0.1, -0.05) is 6.92 Å². The van der Waals surface area contributed by atoms with Crippen molar-refractivity contribution in [1.82, 2.24) is 5.32 Å². The van der Waals surface area contributed by atoms with E-state index in [1.54, 1.807) is 0 Å². The van der Waals surface area contributed by atoms with Crippen LogP contribution in [0.25, 0.3) is 0 Å². The minimum Gasteiger partial charge on any atom is -0.326 e. The van der Waals surface area contributed by atoms with Gasteiger partial charge in [0.1, 0.15) is 0 Å². The lowest BCUT2D eigenvalue weighted by molar-refractivity contribution is -0.119. The number of benzene rings is 1. The molecule has 102 valence electrons. The lowest BCUT2D eigenvalue weighted by Crippen LogP contribution is -2.30. The topological polar surface area (TPSA) is 70.2 Å². The second kappa shape index (κ2) is 5.84. The van der Waals surface area contributed by atoms with Crippen molar-refractivity contribution in [1.29, 1.82) is 0 Å². The summed E-state index contributed by atoms with van der Waals surface area (Å²) in [5, 5.41) is 8.69. The number of hydrogen-bond donors (Lipinski definition) is 3. The average molecular weight is 261 g/mol. The molecule has 0 fully saturated rings. The summed E-state index contributed by atoms with van der Waals surface area (Å²) < 4.78 is 0. The fourth-order valence-corrected chi connectivity index (χ4v) is 2.22. The van der Waals surface area contributed by atoms with Gasteiger partial charge in [-0.25, -0.2) is 0 Å². The number of amides is 2. The number of hydrogen-bond acceptors (Lipinski definition) is 3. The molecule has 0 saturated heterocycles. The summed E-state index contributed by atoms with van der Waals surface area (Å²) in [5.41, 5.74) is 2.52. The van der Waals surface area contributed by atoms with E-state index in [0.717, 1.165) is 23.4 Å². The summed E-state index contributed by atoms with van der Waals surface area (Å²) in [6.45, 7) is 2.65. The predicted molar refractivity (Wildman–Crippen MR) is 75.1 cm³/mol. The highest BCUT2D eigenvalue weighted by Gasteiger charge is 2.19. The highest BCUT2D eigenvalue weighted by atomic mass is 16.2. The van der Waals surface area contributed by atoms with Crippen LogP contribution in [-0.2, 0) is 16.0 Å². The van der Waals surface area contributed by atoms with E-state index in [-0.39, 0.29) is 17.7 Å². The fraction of sp³-hybridized carbons (Fsp3) is 0.429. The van der Waals surface area contributed by atoms with Gasteiger partial charge in [-0.15, -0.1) is 0 Å². The number of rotatable bonds is 5. The van der Waals surface area contributed by atoms with Crippen molar-refractivity contribution in [3.05, 3.63) is 23.8 Å². The molecule has 1 aliphatic rings. The van der Waals surface area contributed by atoms with Gasteiger partial charge in [-0.2, -0.15) is 0 Å². The van der Waals surface area contributed by atoms with E-state index in [0.29, 0.717) is 13.0 Å². The van der Waals surface area contributed by atoms with E-state index in [4.69, 9.17) is 0 Å². The van der Waals surface area contributed by atoms with Gasteiger partial charge in [-0.05, 0) is 37.2 Å². The van der Waals surface area contributed by atoms with Crippen LogP contribution >= 0.6 is 0 Å². The van der Waals surface area contributed by atoms with Crippen LogP contribution in [0.4, 0.5) is 11.4 Å². The third-order valence-electron chi connectivity index (χ3n) is 3.31. The van der Waals surface area contributed by atoms with Gasteiger partial charge in [0.05, 0.1) is 12.3 Å². The zero-order valence-corrected chi connectivity index (χ0v) is 11.2. The third kappa shape index (κ3) is 3.12. The Morgan fingerprint density at radius 1 is 1.47 bits per heavy atom. The lowest BCUT2D eigenvalue weighted by atomic mass is 10.1. The van der Waals surface area contributed by atoms with Gasteiger partial charge in [0.25, 0.3) is 0 Å². The molecule has 1 atom stereocenters. The molecule has 0 aliphatic carbocycles. The van der Waals surface area contributed by atoms with Gasteiger partial charge < -0.3 is 16.0 Å². The molecule has 0 radical (unpaired) electrons. The minimum atomic E-state index is -0.0435. The molecule has 1 unspecified atom stereocenters. The maximum absolute atomic E-state index is 12.1. The molecule has 0 aromatic heterocycles. The van der Waals surface area contributed by atoms with Gasteiger partial charge in [-0.3, -0.25) is 9.59 Å². The number of nitrogens with one attached hydrogen (secondary N) is 3. The summed E-state index contributed by atoms with van der Waals surface area (Å²) in [4.78, 5) is 23.3. The van der Waals surface area contributed by atoms with Crippen molar-refractivity contribution in [3.8, 4) is 0 Å². The number of carbonyl (C=O) groups is 2. The van der Waals surface area contributed by atoms with Gasteiger partial charge >= 0.3 is 0 Å². The summed E-state index contributed by atoms with van der Waals surface area (Å²) in [6.07, 6.45) is 1.17. The summed E-state index contributed by atoms with van der Waals surface area (Å²) in [7, 11) is 1.84. The Bertz CT molecular complexity index is 499. The molecule has 2 amide bonds. The zero-order chi connectivity index (χ0) is 13.8. The van der Waals surface area contributed by atoms with E-state index in [1.807, 2.05) is 32.2 Å². The van der Waals surface area contributed by atoms with E-state index >= 15 is 0 Å². The maximum atomic E-state index is 12.1. The number of anilines is 2. The summed E-state index contributed by atoms with van der Waals surface area (Å²) >= 11 is 0. The molecule has 2 rings (SSSR count). The quantitative estimate of drug-likeness (QED) is 0.749. The van der Waals surface area contributed by atoms with E-state index in [2.05, 4.69) is 16.0 Å². The smallest absolute Gasteiger partial charge is 0.228 e. The van der Waals surface area contributed by atoms with Crippen LogP contribution in [0.5, 0.6) is 0 Å². The molecule has 5 nitrogen and oxygen atoms in total. The Labute approximate surface area is 112 Å². The van der Waals surface area contributed by atoms with E-state index in [9.17, 15) is 9.59 Å². The summed E-state index contributed by atoms with van der Waals surface area (Å²) in [6, 6.07) is 5.50. The Balaban J connectivity index is 2.06. The van der Waals surface area contributed by atoms with Crippen LogP contribution < -0.4 is 16.0 Å². The first kappa shape index (κ1) is 13.5. The van der Waals surface area contributed by atoms with Crippen LogP contribution in [0.3, 0.4) is 0 Å². The van der Waals surface area contributed by atoms with Gasteiger partial charge in [0, 0.05) is 17.9 Å². The second-order valence-corrected chi connectivity index (χ2v) is 4.75. The largest absolute Gasteiger partial charge is 0.326 e. The Hall–Kier alpha value is -1.88. The maximum Gasteiger partial charge on any atom is 0.228 e. The van der Waals surface area contributed by atoms with Crippen LogP contribution in [-0.4, -0.2) is 25.4 Å². The second-order valence-electron chi connectivity index (χ2n) is 4.75. The highest BCUT2D eigenvalue weighted by Crippen LogP contribution is 2.26. The SMILES string of the molecule is CCC(CNC)C(=O)Nc1ccc2c(c1)CC(=O)N2. The standard InChI is InChI=1S/C14H19N3O2/c1-3-9(8-15-2)14(19)16-11-4-5-12-10(6-11)7-13(18)17-12/h4-6,9,15H,3,7-8H2,1-2H3,(H,16,19)(H,17,18). The van der Waals surface area contributed by atoms with Crippen LogP contribution in [0, 0.1) is 5.92 Å². The van der Waals surface area contributed by atoms with Crippen LogP contribution in [0.1, 0.15) is 18.9 Å². The normalized spacial score (nSPS) is 14.7. The highest BCUT2D eigenvalue weighted by molar-refractivity contribution is 6.00. The first-order valence-electron chi connectivity index (χ1n) is 6.52. The molecular formula is C14H19N3O2. The Kier molecular flexibility index (Phi) is 4.16. The number of carbonyl (C=O) groups excluding carboxylic acids is 2. The third-order valence-corrected chi connectivity index (χ3v) is 3.31. The molecule has 0 bridgehead atoms. The molecule has 1 heterocycles. The fourth-order valence-electron chi connectivity index (χ4n) is 2.22. The van der Waals surface area contributed by atoms with Gasteiger partial charge in [0.2, 0.25) is 11.8 Å². The van der Waals surface area contributed by atoms with Crippen LogP contribution in [0.2, 0.25) is 0 Å². The molecular weight excluding hydrogens is 242 g/mol. The molecule has 1 aliphatic heterocycles. The molecule has 5 heteroatoms. The minimum absolute atomic E-state index is 0.0000873. The molecule has 19 heavy (non-hydrogen) atoms. The Morgan fingerprint density at radius 3 is 2.95 bits per heavy atom. The van der Waals surface area contributed by atoms with Crippen molar-refractivity contribution in [2.75, 3.05) is 24.2 Å². The van der Waals surface area contributed by atoms with Crippen molar-refractivity contribution in [2.24, 2.45) is 5.92 Å². The predicted octanol–water partition coefficient (Wildman–Crippen LogP) is 1.37. The van der Waals surface area contributed by atoms with E-state index < -0.39 is 0 Å².